The lowest BCUT2D eigenvalue weighted by atomic mass is 9.93. The van der Waals surface area contributed by atoms with Crippen molar-refractivity contribution >= 4 is 5.57 Å². The molecule has 0 aliphatic heterocycles. The number of hydrogen-bond donors (Lipinski definition) is 3. The number of hydrogen-bond acceptors (Lipinski definition) is 4. The van der Waals surface area contributed by atoms with Gasteiger partial charge in [0.25, 0.3) is 0 Å². The Morgan fingerprint density at radius 1 is 1.29 bits per heavy atom. The maximum atomic E-state index is 13.2. The molecule has 0 aliphatic carbocycles. The second-order valence-corrected chi connectivity index (χ2v) is 4.88. The largest absolute Gasteiger partial charge is 0.394 e. The topological polar surface area (TPSA) is 75.5 Å². The lowest BCUT2D eigenvalue weighted by Gasteiger charge is -2.18. The Morgan fingerprint density at radius 3 is 2.42 bits per heavy atom. The maximum Gasteiger partial charge on any atom is 0.185 e. The zero-order valence-corrected chi connectivity index (χ0v) is 13.3. The Morgan fingerprint density at radius 2 is 1.92 bits per heavy atom. The van der Waals surface area contributed by atoms with Crippen LogP contribution in [0.15, 0.2) is 78.9 Å². The van der Waals surface area contributed by atoms with Crippen LogP contribution in [0.3, 0.4) is 0 Å². The molecule has 0 aliphatic rings. The molecule has 5 N–H and O–H groups in total. The number of aliphatic hydroxyl groups is 1. The van der Waals surface area contributed by atoms with Crippen molar-refractivity contribution in [3.8, 4) is 0 Å². The van der Waals surface area contributed by atoms with Crippen molar-refractivity contribution in [2.45, 2.75) is 0 Å². The molecule has 128 valence electrons. The van der Waals surface area contributed by atoms with Crippen molar-refractivity contribution in [2.75, 3.05) is 13.2 Å². The van der Waals surface area contributed by atoms with E-state index in [2.05, 4.69) is 13.2 Å². The van der Waals surface area contributed by atoms with Gasteiger partial charge in [-0.2, -0.15) is 4.39 Å². The van der Waals surface area contributed by atoms with Crippen LogP contribution in [0, 0.1) is 5.82 Å². The number of aliphatic hydroxyl groups excluding tert-OH is 1. The van der Waals surface area contributed by atoms with Crippen molar-refractivity contribution < 1.29 is 13.9 Å². The lowest BCUT2D eigenvalue weighted by Crippen LogP contribution is -2.28. The Hall–Kier alpha value is -2.70. The van der Waals surface area contributed by atoms with E-state index in [4.69, 9.17) is 16.7 Å². The third kappa shape index (κ3) is 5.83. The number of rotatable bonds is 8. The lowest BCUT2D eigenvalue weighted by molar-refractivity contribution is 0.239. The van der Waals surface area contributed by atoms with E-state index in [-0.39, 0.29) is 19.0 Å². The van der Waals surface area contributed by atoms with Gasteiger partial charge in [-0.3, -0.25) is 0 Å². The third-order valence-electron chi connectivity index (χ3n) is 3.07. The highest BCUT2D eigenvalue weighted by Gasteiger charge is 2.12. The van der Waals surface area contributed by atoms with Gasteiger partial charge in [0.05, 0.1) is 13.2 Å². The van der Waals surface area contributed by atoms with E-state index in [0.717, 1.165) is 6.08 Å². The van der Waals surface area contributed by atoms with Gasteiger partial charge in [-0.1, -0.05) is 37.4 Å². The summed E-state index contributed by atoms with van der Waals surface area (Å²) < 4.78 is 26.3. The van der Waals surface area contributed by atoms with Gasteiger partial charge in [0.2, 0.25) is 0 Å². The summed E-state index contributed by atoms with van der Waals surface area (Å²) in [5, 5.41) is 10.2. The standard InChI is InChI=1S/C18H21F2N3O/c1-3-4-15(11-18(20)21)17(12-23(22)9-10-24)13(2)14-5-7-16(19)8-6-14/h3-8,11-12,24H,1-2,9-10,21-22H2/b15-4+,17-12+,18-11-. The van der Waals surface area contributed by atoms with Crippen molar-refractivity contribution in [3.05, 3.63) is 90.3 Å². The fraction of sp³-hybridized carbons (Fsp3) is 0.111. The molecule has 0 spiro atoms. The van der Waals surface area contributed by atoms with Gasteiger partial charge in [0.15, 0.2) is 5.95 Å². The second-order valence-electron chi connectivity index (χ2n) is 4.88. The molecule has 0 saturated heterocycles. The summed E-state index contributed by atoms with van der Waals surface area (Å²) in [6.45, 7) is 7.57. The maximum absolute atomic E-state index is 13.2. The van der Waals surface area contributed by atoms with Gasteiger partial charge in [-0.25, -0.2) is 10.2 Å². The number of nitrogens with zero attached hydrogens (tertiary/aromatic N) is 1. The van der Waals surface area contributed by atoms with Gasteiger partial charge in [-0.05, 0) is 34.9 Å². The van der Waals surface area contributed by atoms with Crippen LogP contribution in [0.4, 0.5) is 8.78 Å². The first-order valence-electron chi connectivity index (χ1n) is 7.14. The van der Waals surface area contributed by atoms with Crippen LogP contribution in [0.25, 0.3) is 5.57 Å². The first-order chi connectivity index (χ1) is 11.4. The van der Waals surface area contributed by atoms with Crippen LogP contribution in [0.5, 0.6) is 0 Å². The highest BCUT2D eigenvalue weighted by atomic mass is 19.1. The molecule has 0 aromatic heterocycles. The van der Waals surface area contributed by atoms with Crippen molar-refractivity contribution in [1.29, 1.82) is 0 Å². The monoisotopic (exact) mass is 333 g/mol. The van der Waals surface area contributed by atoms with E-state index in [1.165, 1.54) is 29.4 Å². The van der Waals surface area contributed by atoms with Crippen LogP contribution in [0.1, 0.15) is 5.56 Å². The van der Waals surface area contributed by atoms with Crippen molar-refractivity contribution in [1.82, 2.24) is 5.01 Å². The quantitative estimate of drug-likeness (QED) is 0.296. The average Bonchev–Trinajstić information content (AvgIpc) is 2.52. The Balaban J connectivity index is 3.39. The molecule has 0 heterocycles. The molecule has 1 rings (SSSR count). The summed E-state index contributed by atoms with van der Waals surface area (Å²) in [5.41, 5.74) is 7.08. The molecule has 0 unspecified atom stereocenters. The molecule has 0 atom stereocenters. The molecule has 1 aromatic carbocycles. The normalized spacial score (nSPS) is 12.9. The van der Waals surface area contributed by atoms with Gasteiger partial charge in [0.1, 0.15) is 5.82 Å². The molecule has 0 amide bonds. The van der Waals surface area contributed by atoms with E-state index < -0.39 is 5.95 Å². The Bertz CT molecular complexity index is 672. The predicted molar refractivity (Wildman–Crippen MR) is 93.2 cm³/mol. The van der Waals surface area contributed by atoms with Crippen molar-refractivity contribution in [3.63, 3.8) is 0 Å². The number of allylic oxidation sites excluding steroid dienone is 6. The third-order valence-corrected chi connectivity index (χ3v) is 3.07. The second kappa shape index (κ2) is 9.44. The van der Waals surface area contributed by atoms with Crippen LogP contribution in [-0.2, 0) is 0 Å². The number of benzene rings is 1. The number of nitrogens with two attached hydrogens (primary N) is 2. The minimum absolute atomic E-state index is 0.162. The van der Waals surface area contributed by atoms with E-state index >= 15 is 0 Å². The molecule has 6 heteroatoms. The molecule has 0 saturated carbocycles. The summed E-state index contributed by atoms with van der Waals surface area (Å²) >= 11 is 0. The Kier molecular flexibility index (Phi) is 7.61. The molecule has 4 nitrogen and oxygen atoms in total. The van der Waals surface area contributed by atoms with E-state index in [0.29, 0.717) is 22.3 Å². The summed E-state index contributed by atoms with van der Waals surface area (Å²) in [7, 11) is 0. The highest BCUT2D eigenvalue weighted by molar-refractivity contribution is 5.83. The SMILES string of the molecule is C=C/C=C(\C=C(/N)F)C(=C/N(N)CCO)/C(=C)c1ccc(F)cc1. The zero-order chi connectivity index (χ0) is 18.1. The molecule has 1 aromatic rings. The zero-order valence-electron chi connectivity index (χ0n) is 13.3. The fourth-order valence-corrected chi connectivity index (χ4v) is 1.97. The molecular formula is C18H21F2N3O. The summed E-state index contributed by atoms with van der Waals surface area (Å²) in [5.74, 6) is 4.51. The van der Waals surface area contributed by atoms with Gasteiger partial charge in [-0.15, -0.1) is 0 Å². The summed E-state index contributed by atoms with van der Waals surface area (Å²) in [6, 6.07) is 5.68. The van der Waals surface area contributed by atoms with Crippen LogP contribution >= 0.6 is 0 Å². The average molecular weight is 333 g/mol. The smallest absolute Gasteiger partial charge is 0.185 e. The summed E-state index contributed by atoms with van der Waals surface area (Å²) in [4.78, 5) is 0. The molecule has 0 radical (unpaired) electrons. The van der Waals surface area contributed by atoms with Crippen molar-refractivity contribution in [2.24, 2.45) is 11.6 Å². The minimum Gasteiger partial charge on any atom is -0.394 e. The summed E-state index contributed by atoms with van der Waals surface area (Å²) in [6.07, 6.45) is 5.61. The van der Waals surface area contributed by atoms with Crippen LogP contribution < -0.4 is 11.6 Å². The molecule has 0 bridgehead atoms. The van der Waals surface area contributed by atoms with E-state index in [9.17, 15) is 8.78 Å². The minimum atomic E-state index is -0.897. The van der Waals surface area contributed by atoms with Gasteiger partial charge < -0.3 is 15.8 Å². The van der Waals surface area contributed by atoms with Crippen LogP contribution in [-0.4, -0.2) is 23.3 Å². The van der Waals surface area contributed by atoms with E-state index in [1.807, 2.05) is 0 Å². The highest BCUT2D eigenvalue weighted by Crippen LogP contribution is 2.29. The van der Waals surface area contributed by atoms with Gasteiger partial charge >= 0.3 is 0 Å². The first kappa shape index (κ1) is 19.3. The molecular weight excluding hydrogens is 312 g/mol. The predicted octanol–water partition coefficient (Wildman–Crippen LogP) is 2.77. The molecule has 0 fully saturated rings. The van der Waals surface area contributed by atoms with E-state index in [1.54, 1.807) is 18.2 Å². The number of hydrazine groups is 1. The first-order valence-corrected chi connectivity index (χ1v) is 7.14. The Labute approximate surface area is 140 Å². The number of halogens is 2. The van der Waals surface area contributed by atoms with Gasteiger partial charge in [0, 0.05) is 11.8 Å². The fourth-order valence-electron chi connectivity index (χ4n) is 1.97. The van der Waals surface area contributed by atoms with Crippen LogP contribution in [0.2, 0.25) is 0 Å². The molecule has 24 heavy (non-hydrogen) atoms.